The number of aldehydes is 1. The predicted molar refractivity (Wildman–Crippen MR) is 101 cm³/mol. The lowest BCUT2D eigenvalue weighted by molar-refractivity contribution is 0.112. The Bertz CT molecular complexity index is 920. The number of nitrogens with zero attached hydrogens (tertiary/aromatic N) is 2. The maximum absolute atomic E-state index is 14.0. The Morgan fingerprint density at radius 1 is 1.31 bits per heavy atom. The number of halogens is 2. The second kappa shape index (κ2) is 7.85. The van der Waals surface area contributed by atoms with E-state index < -0.39 is 5.82 Å². The van der Waals surface area contributed by atoms with Gasteiger partial charge in [0, 0.05) is 29.4 Å². The van der Waals surface area contributed by atoms with E-state index in [1.807, 2.05) is 19.0 Å². The maximum Gasteiger partial charge on any atom is 0.200 e. The molecule has 0 atom stereocenters. The van der Waals surface area contributed by atoms with Crippen molar-refractivity contribution in [2.45, 2.75) is 6.42 Å². The summed E-state index contributed by atoms with van der Waals surface area (Å²) in [5.74, 6) is -0.109. The van der Waals surface area contributed by atoms with Crippen LogP contribution in [0.5, 0.6) is 0 Å². The molecule has 26 heavy (non-hydrogen) atoms. The van der Waals surface area contributed by atoms with E-state index in [4.69, 9.17) is 16.0 Å². The number of carbonyl (C=O) groups excluding carboxylic acids is 1. The Morgan fingerprint density at radius 3 is 2.81 bits per heavy atom. The fourth-order valence-electron chi connectivity index (χ4n) is 2.67. The van der Waals surface area contributed by atoms with Gasteiger partial charge in [0.15, 0.2) is 17.8 Å². The van der Waals surface area contributed by atoms with E-state index in [0.717, 1.165) is 12.8 Å². The van der Waals surface area contributed by atoms with Gasteiger partial charge in [-0.3, -0.25) is 4.79 Å². The van der Waals surface area contributed by atoms with Gasteiger partial charge in [-0.05, 0) is 38.4 Å². The number of nitrogens with one attached hydrogen (secondary N) is 1. The minimum absolute atomic E-state index is 0.113. The summed E-state index contributed by atoms with van der Waals surface area (Å²) in [6, 6.07) is 8.07. The average Bonchev–Trinajstić information content (AvgIpc) is 3.00. The molecular formula is C19H19ClFN3O2. The number of likely N-dealkylation sites (N-methyl/N-ethyl adjacent to an activating group) is 1. The predicted octanol–water partition coefficient (Wildman–Crippen LogP) is 4.00. The van der Waals surface area contributed by atoms with Crippen molar-refractivity contribution >= 4 is 34.7 Å². The van der Waals surface area contributed by atoms with Crippen LogP contribution in [0.25, 0.3) is 11.1 Å². The van der Waals surface area contributed by atoms with Gasteiger partial charge in [-0.1, -0.05) is 17.7 Å². The highest BCUT2D eigenvalue weighted by atomic mass is 35.5. The SMILES string of the molecule is CN(C)CCNc1ccc2nc(Cc3c(F)cccc3Cl)oc2c1C=O. The largest absolute Gasteiger partial charge is 0.439 e. The first-order valence-corrected chi connectivity index (χ1v) is 8.56. The molecule has 0 bridgehead atoms. The van der Waals surface area contributed by atoms with E-state index in [1.165, 1.54) is 6.07 Å². The molecule has 3 rings (SSSR count). The molecule has 3 aromatic rings. The van der Waals surface area contributed by atoms with Gasteiger partial charge in [0.1, 0.15) is 11.3 Å². The summed E-state index contributed by atoms with van der Waals surface area (Å²) in [7, 11) is 3.95. The van der Waals surface area contributed by atoms with E-state index in [-0.39, 0.29) is 6.42 Å². The van der Waals surface area contributed by atoms with Crippen LogP contribution < -0.4 is 5.32 Å². The van der Waals surface area contributed by atoms with Crippen LogP contribution in [0.4, 0.5) is 10.1 Å². The summed E-state index contributed by atoms with van der Waals surface area (Å²) in [6.45, 7) is 1.51. The monoisotopic (exact) mass is 375 g/mol. The Balaban J connectivity index is 1.92. The first-order chi connectivity index (χ1) is 12.5. The molecule has 1 aromatic heterocycles. The standard InChI is InChI=1S/C19H19ClFN3O2/c1-24(2)9-8-22-16-6-7-17-19(13(16)11-25)26-18(23-17)10-12-14(20)4-3-5-15(12)21/h3-7,11,22H,8-10H2,1-2H3. The fourth-order valence-corrected chi connectivity index (χ4v) is 2.90. The Morgan fingerprint density at radius 2 is 2.12 bits per heavy atom. The minimum Gasteiger partial charge on any atom is -0.439 e. The Kier molecular flexibility index (Phi) is 5.54. The molecule has 0 saturated heterocycles. The normalized spacial score (nSPS) is 11.3. The second-order valence-electron chi connectivity index (χ2n) is 6.21. The molecule has 2 aromatic carbocycles. The van der Waals surface area contributed by atoms with Crippen LogP contribution in [-0.2, 0) is 6.42 Å². The third-order valence-electron chi connectivity index (χ3n) is 4.02. The van der Waals surface area contributed by atoms with Gasteiger partial charge in [-0.15, -0.1) is 0 Å². The van der Waals surface area contributed by atoms with Crippen molar-refractivity contribution in [2.75, 3.05) is 32.5 Å². The Labute approximate surface area is 155 Å². The second-order valence-corrected chi connectivity index (χ2v) is 6.61. The van der Waals surface area contributed by atoms with Crippen LogP contribution in [0, 0.1) is 5.82 Å². The molecule has 5 nitrogen and oxygen atoms in total. The fraction of sp³-hybridized carbons (Fsp3) is 0.263. The number of hydrogen-bond donors (Lipinski definition) is 1. The number of rotatable bonds is 7. The molecule has 0 aliphatic carbocycles. The zero-order valence-corrected chi connectivity index (χ0v) is 15.3. The maximum atomic E-state index is 14.0. The van der Waals surface area contributed by atoms with Crippen molar-refractivity contribution in [1.82, 2.24) is 9.88 Å². The van der Waals surface area contributed by atoms with Crippen LogP contribution >= 0.6 is 11.6 Å². The van der Waals surface area contributed by atoms with Gasteiger partial charge in [0.2, 0.25) is 0 Å². The number of aromatic nitrogens is 1. The first-order valence-electron chi connectivity index (χ1n) is 8.18. The van der Waals surface area contributed by atoms with Gasteiger partial charge >= 0.3 is 0 Å². The molecule has 0 aliphatic heterocycles. The molecule has 0 unspecified atom stereocenters. The van der Waals surface area contributed by atoms with Gasteiger partial charge in [0.25, 0.3) is 0 Å². The summed E-state index contributed by atoms with van der Waals surface area (Å²) < 4.78 is 19.7. The van der Waals surface area contributed by atoms with Crippen molar-refractivity contribution in [3.8, 4) is 0 Å². The van der Waals surface area contributed by atoms with Gasteiger partial charge in [-0.2, -0.15) is 0 Å². The van der Waals surface area contributed by atoms with Crippen molar-refractivity contribution in [1.29, 1.82) is 0 Å². The lowest BCUT2D eigenvalue weighted by Gasteiger charge is -2.12. The summed E-state index contributed by atoms with van der Waals surface area (Å²) in [6.07, 6.45) is 0.854. The lowest BCUT2D eigenvalue weighted by Crippen LogP contribution is -2.21. The first kappa shape index (κ1) is 18.4. The van der Waals surface area contributed by atoms with Crippen LogP contribution in [-0.4, -0.2) is 43.4 Å². The minimum atomic E-state index is -0.415. The third kappa shape index (κ3) is 3.86. The lowest BCUT2D eigenvalue weighted by atomic mass is 10.1. The molecular weight excluding hydrogens is 357 g/mol. The summed E-state index contributed by atoms with van der Waals surface area (Å²) >= 11 is 6.07. The van der Waals surface area contributed by atoms with Gasteiger partial charge in [0.05, 0.1) is 12.0 Å². The molecule has 0 fully saturated rings. The number of anilines is 1. The topological polar surface area (TPSA) is 58.4 Å². The zero-order valence-electron chi connectivity index (χ0n) is 14.6. The third-order valence-corrected chi connectivity index (χ3v) is 4.38. The highest BCUT2D eigenvalue weighted by Gasteiger charge is 2.16. The Hall–Kier alpha value is -2.44. The van der Waals surface area contributed by atoms with E-state index in [2.05, 4.69) is 10.3 Å². The van der Waals surface area contributed by atoms with E-state index in [0.29, 0.717) is 45.4 Å². The summed E-state index contributed by atoms with van der Waals surface area (Å²) in [4.78, 5) is 18.0. The number of hydrogen-bond acceptors (Lipinski definition) is 5. The molecule has 1 heterocycles. The number of fused-ring (bicyclic) bond motifs is 1. The van der Waals surface area contributed by atoms with Crippen molar-refractivity contribution in [3.63, 3.8) is 0 Å². The zero-order chi connectivity index (χ0) is 18.7. The molecule has 0 radical (unpaired) electrons. The highest BCUT2D eigenvalue weighted by molar-refractivity contribution is 6.31. The molecule has 0 saturated carbocycles. The van der Waals surface area contributed by atoms with Crippen LogP contribution in [0.15, 0.2) is 34.7 Å². The smallest absolute Gasteiger partial charge is 0.200 e. The van der Waals surface area contributed by atoms with Crippen molar-refractivity contribution in [3.05, 3.63) is 58.2 Å². The van der Waals surface area contributed by atoms with Gasteiger partial charge in [-0.25, -0.2) is 9.37 Å². The number of benzene rings is 2. The molecule has 136 valence electrons. The van der Waals surface area contributed by atoms with Crippen molar-refractivity contribution < 1.29 is 13.6 Å². The highest BCUT2D eigenvalue weighted by Crippen LogP contribution is 2.28. The molecule has 1 N–H and O–H groups in total. The summed E-state index contributed by atoms with van der Waals surface area (Å²) in [5, 5.41) is 3.54. The van der Waals surface area contributed by atoms with Crippen LogP contribution in [0.3, 0.4) is 0 Å². The van der Waals surface area contributed by atoms with Crippen LogP contribution in [0.2, 0.25) is 5.02 Å². The molecule has 0 amide bonds. The quantitative estimate of drug-likeness (QED) is 0.632. The van der Waals surface area contributed by atoms with Gasteiger partial charge < -0.3 is 14.6 Å². The molecule has 0 aliphatic rings. The molecule has 7 heteroatoms. The number of oxazole rings is 1. The number of carbonyl (C=O) groups is 1. The van der Waals surface area contributed by atoms with E-state index in [1.54, 1.807) is 24.3 Å². The van der Waals surface area contributed by atoms with Crippen molar-refractivity contribution in [2.24, 2.45) is 0 Å². The van der Waals surface area contributed by atoms with E-state index in [9.17, 15) is 9.18 Å². The van der Waals surface area contributed by atoms with Crippen LogP contribution in [0.1, 0.15) is 21.8 Å². The average molecular weight is 376 g/mol. The summed E-state index contributed by atoms with van der Waals surface area (Å²) in [5.41, 5.74) is 2.34. The molecule has 0 spiro atoms. The van der Waals surface area contributed by atoms with E-state index >= 15 is 0 Å².